The molecule has 3 aromatic carbocycles. The predicted molar refractivity (Wildman–Crippen MR) is 178 cm³/mol. The summed E-state index contributed by atoms with van der Waals surface area (Å²) in [6, 6.07) is 22.8. The number of anilines is 1. The van der Waals surface area contributed by atoms with Crippen molar-refractivity contribution in [1.82, 2.24) is 10.2 Å². The van der Waals surface area contributed by atoms with Crippen LogP contribution < -0.4 is 9.62 Å². The van der Waals surface area contributed by atoms with Gasteiger partial charge in [0.25, 0.3) is 0 Å². The first kappa shape index (κ1) is 33.2. The van der Waals surface area contributed by atoms with Crippen molar-refractivity contribution in [2.24, 2.45) is 0 Å². The molecule has 0 spiro atoms. The normalized spacial score (nSPS) is 14.5. The van der Waals surface area contributed by atoms with E-state index in [0.717, 1.165) is 53.5 Å². The number of carbonyl (C=O) groups excluding carboxylic acids is 2. The summed E-state index contributed by atoms with van der Waals surface area (Å²) in [5.41, 5.74) is 5.55. The number of sulfonamides is 1. The number of nitrogens with one attached hydrogen (secondary N) is 1. The summed E-state index contributed by atoms with van der Waals surface area (Å²) in [7, 11) is -3.57. The van der Waals surface area contributed by atoms with E-state index in [1.54, 1.807) is 11.0 Å². The van der Waals surface area contributed by atoms with E-state index in [1.807, 2.05) is 87.5 Å². The smallest absolute Gasteiger partial charge is 0.243 e. The molecule has 0 radical (unpaired) electrons. The molecule has 8 heteroatoms. The SMILES string of the molecule is Cc1ccccc1CN(C(=O)CCCN(c1cccc(C)c1C)S(C)(=O)=O)C(Cc1ccccc1)C(=O)NC1CCCCC1. The minimum atomic E-state index is -3.57. The number of amides is 2. The number of hydrogen-bond acceptors (Lipinski definition) is 4. The summed E-state index contributed by atoms with van der Waals surface area (Å²) in [6.07, 6.45) is 7.32. The van der Waals surface area contributed by atoms with E-state index in [0.29, 0.717) is 25.1 Å². The molecule has 2 amide bonds. The lowest BCUT2D eigenvalue weighted by Gasteiger charge is -2.34. The number of nitrogens with zero attached hydrogens (tertiary/aromatic N) is 2. The molecular formula is C36H47N3O4S. The van der Waals surface area contributed by atoms with Crippen LogP contribution >= 0.6 is 0 Å². The van der Waals surface area contributed by atoms with Gasteiger partial charge in [-0.2, -0.15) is 0 Å². The predicted octanol–water partition coefficient (Wildman–Crippen LogP) is 6.25. The van der Waals surface area contributed by atoms with Crippen LogP contribution in [0.4, 0.5) is 5.69 Å². The van der Waals surface area contributed by atoms with Crippen molar-refractivity contribution >= 4 is 27.5 Å². The Morgan fingerprint density at radius 1 is 0.864 bits per heavy atom. The average molecular weight is 618 g/mol. The van der Waals surface area contributed by atoms with Crippen LogP contribution in [0, 0.1) is 20.8 Å². The van der Waals surface area contributed by atoms with Crippen molar-refractivity contribution in [3.8, 4) is 0 Å². The van der Waals surface area contributed by atoms with E-state index >= 15 is 0 Å². The molecule has 4 rings (SSSR count). The van der Waals surface area contributed by atoms with Gasteiger partial charge in [0, 0.05) is 32.0 Å². The molecule has 44 heavy (non-hydrogen) atoms. The van der Waals surface area contributed by atoms with Crippen molar-refractivity contribution in [3.05, 3.63) is 101 Å². The highest BCUT2D eigenvalue weighted by Crippen LogP contribution is 2.26. The quantitative estimate of drug-likeness (QED) is 0.246. The first-order chi connectivity index (χ1) is 21.0. The summed E-state index contributed by atoms with van der Waals surface area (Å²) in [4.78, 5) is 29.9. The first-order valence-electron chi connectivity index (χ1n) is 15.8. The second-order valence-corrected chi connectivity index (χ2v) is 14.1. The summed E-state index contributed by atoms with van der Waals surface area (Å²) in [6.45, 7) is 6.35. The third kappa shape index (κ3) is 8.94. The summed E-state index contributed by atoms with van der Waals surface area (Å²) in [5.74, 6) is -0.293. The maximum absolute atomic E-state index is 14.2. The molecule has 0 heterocycles. The van der Waals surface area contributed by atoms with Gasteiger partial charge in [0.05, 0.1) is 11.9 Å². The molecule has 1 atom stereocenters. The zero-order valence-corrected chi connectivity index (χ0v) is 27.4. The Bertz CT molecular complexity index is 1520. The lowest BCUT2D eigenvalue weighted by Crippen LogP contribution is -2.53. The minimum Gasteiger partial charge on any atom is -0.352 e. The Labute approximate surface area is 263 Å². The van der Waals surface area contributed by atoms with E-state index < -0.39 is 16.1 Å². The molecule has 1 unspecified atom stereocenters. The van der Waals surface area contributed by atoms with E-state index in [2.05, 4.69) is 5.32 Å². The highest BCUT2D eigenvalue weighted by atomic mass is 32.2. The highest BCUT2D eigenvalue weighted by molar-refractivity contribution is 7.92. The molecule has 0 bridgehead atoms. The fourth-order valence-electron chi connectivity index (χ4n) is 6.06. The molecule has 3 aromatic rings. The molecule has 236 valence electrons. The summed E-state index contributed by atoms with van der Waals surface area (Å²) in [5, 5.41) is 3.28. The van der Waals surface area contributed by atoms with E-state index in [9.17, 15) is 18.0 Å². The molecular weight excluding hydrogens is 570 g/mol. The van der Waals surface area contributed by atoms with Gasteiger partial charge in [-0.05, 0) is 73.9 Å². The minimum absolute atomic E-state index is 0.116. The Kier molecular flexibility index (Phi) is 11.6. The fourth-order valence-corrected chi connectivity index (χ4v) is 7.07. The summed E-state index contributed by atoms with van der Waals surface area (Å²) < 4.78 is 27.1. The molecule has 1 saturated carbocycles. The second-order valence-electron chi connectivity index (χ2n) is 12.2. The Balaban J connectivity index is 1.61. The van der Waals surface area contributed by atoms with Crippen LogP contribution in [0.25, 0.3) is 0 Å². The van der Waals surface area contributed by atoms with Crippen LogP contribution in [0.5, 0.6) is 0 Å². The van der Waals surface area contributed by atoms with E-state index in [4.69, 9.17) is 0 Å². The largest absolute Gasteiger partial charge is 0.352 e. The zero-order valence-electron chi connectivity index (χ0n) is 26.6. The third-order valence-corrected chi connectivity index (χ3v) is 10.0. The Morgan fingerprint density at radius 2 is 1.52 bits per heavy atom. The van der Waals surface area contributed by atoms with Crippen LogP contribution in [0.15, 0.2) is 72.8 Å². The highest BCUT2D eigenvalue weighted by Gasteiger charge is 2.32. The molecule has 7 nitrogen and oxygen atoms in total. The van der Waals surface area contributed by atoms with E-state index in [1.165, 1.54) is 17.0 Å². The van der Waals surface area contributed by atoms with Gasteiger partial charge in [-0.1, -0.05) is 86.0 Å². The summed E-state index contributed by atoms with van der Waals surface area (Å²) >= 11 is 0. The monoisotopic (exact) mass is 617 g/mol. The van der Waals surface area contributed by atoms with Crippen LogP contribution in [-0.2, 0) is 32.6 Å². The Hall–Kier alpha value is -3.65. The van der Waals surface area contributed by atoms with Crippen molar-refractivity contribution in [3.63, 3.8) is 0 Å². The van der Waals surface area contributed by atoms with E-state index in [-0.39, 0.29) is 30.8 Å². The number of hydrogen-bond donors (Lipinski definition) is 1. The van der Waals surface area contributed by atoms with Crippen LogP contribution in [0.2, 0.25) is 0 Å². The molecule has 0 aliphatic heterocycles. The van der Waals surface area contributed by atoms with Crippen molar-refractivity contribution in [1.29, 1.82) is 0 Å². The molecule has 0 saturated heterocycles. The maximum atomic E-state index is 14.2. The first-order valence-corrected chi connectivity index (χ1v) is 17.6. The number of rotatable bonds is 13. The zero-order chi connectivity index (χ0) is 31.7. The lowest BCUT2D eigenvalue weighted by molar-refractivity contribution is -0.141. The number of aryl methyl sites for hydroxylation is 2. The van der Waals surface area contributed by atoms with Crippen molar-refractivity contribution in [2.45, 2.75) is 90.8 Å². The van der Waals surface area contributed by atoms with Gasteiger partial charge in [0.1, 0.15) is 6.04 Å². The van der Waals surface area contributed by atoms with Crippen molar-refractivity contribution in [2.75, 3.05) is 17.1 Å². The van der Waals surface area contributed by atoms with Gasteiger partial charge >= 0.3 is 0 Å². The molecule has 1 fully saturated rings. The standard InChI is InChI=1S/C36H47N3O4S/c1-27-16-13-22-33(29(27)3)39(44(4,42)43)24-14-23-35(40)38(26-31-19-12-11-15-28(31)2)34(25-30-17-7-5-8-18-30)36(41)37-32-20-9-6-10-21-32/h5,7-8,11-13,15-19,22,32,34H,6,9-10,14,20-21,23-26H2,1-4H3,(H,37,41). The van der Waals surface area contributed by atoms with Gasteiger partial charge in [-0.25, -0.2) is 8.42 Å². The lowest BCUT2D eigenvalue weighted by atomic mass is 9.94. The molecule has 1 aliphatic carbocycles. The topological polar surface area (TPSA) is 86.8 Å². The van der Waals surface area contributed by atoms with Crippen LogP contribution in [0.3, 0.4) is 0 Å². The van der Waals surface area contributed by atoms with Crippen molar-refractivity contribution < 1.29 is 18.0 Å². The maximum Gasteiger partial charge on any atom is 0.243 e. The Morgan fingerprint density at radius 3 is 2.20 bits per heavy atom. The third-order valence-electron chi connectivity index (χ3n) is 8.82. The second kappa shape index (κ2) is 15.4. The number of carbonyl (C=O) groups is 2. The average Bonchev–Trinajstić information content (AvgIpc) is 3.00. The fraction of sp³-hybridized carbons (Fsp3) is 0.444. The van der Waals surface area contributed by atoms with Gasteiger partial charge < -0.3 is 10.2 Å². The van der Waals surface area contributed by atoms with Gasteiger partial charge in [0.2, 0.25) is 21.8 Å². The molecule has 1 aliphatic rings. The van der Waals surface area contributed by atoms with Gasteiger partial charge in [0.15, 0.2) is 0 Å². The molecule has 0 aromatic heterocycles. The van der Waals surface area contributed by atoms with Gasteiger partial charge in [-0.3, -0.25) is 13.9 Å². The van der Waals surface area contributed by atoms with Gasteiger partial charge in [-0.15, -0.1) is 0 Å². The van der Waals surface area contributed by atoms with Crippen LogP contribution in [-0.4, -0.2) is 50.0 Å². The van der Waals surface area contributed by atoms with Crippen LogP contribution in [0.1, 0.15) is 72.8 Å². The number of benzene rings is 3. The molecule has 1 N–H and O–H groups in total.